The number of rotatable bonds is 8. The Balaban J connectivity index is 2.76. The molecule has 0 saturated carbocycles. The van der Waals surface area contributed by atoms with Crippen LogP contribution in [-0.2, 0) is 10.2 Å². The van der Waals surface area contributed by atoms with Crippen LogP contribution in [0.4, 0.5) is 11.6 Å². The predicted octanol–water partition coefficient (Wildman–Crippen LogP) is 3.43. The molecular formula is C16H30N4O. The Morgan fingerprint density at radius 1 is 1.10 bits per heavy atom. The Bertz CT molecular complexity index is 427. The van der Waals surface area contributed by atoms with E-state index in [2.05, 4.69) is 48.3 Å². The van der Waals surface area contributed by atoms with Gasteiger partial charge in [0, 0.05) is 24.6 Å². The van der Waals surface area contributed by atoms with Gasteiger partial charge < -0.3 is 15.4 Å². The van der Waals surface area contributed by atoms with Crippen molar-refractivity contribution in [3.05, 3.63) is 11.9 Å². The molecule has 2 N–H and O–H groups in total. The zero-order chi connectivity index (χ0) is 15.9. The fraction of sp³-hybridized carbons (Fsp3) is 0.750. The van der Waals surface area contributed by atoms with Crippen LogP contribution in [0.2, 0.25) is 0 Å². The van der Waals surface area contributed by atoms with Crippen LogP contribution >= 0.6 is 0 Å². The summed E-state index contributed by atoms with van der Waals surface area (Å²) < 4.78 is 5.53. The van der Waals surface area contributed by atoms with Gasteiger partial charge in [-0.15, -0.1) is 0 Å². The topological polar surface area (TPSA) is 59.1 Å². The summed E-state index contributed by atoms with van der Waals surface area (Å²) in [6.45, 7) is 14.9. The predicted molar refractivity (Wildman–Crippen MR) is 89.1 cm³/mol. The van der Waals surface area contributed by atoms with E-state index >= 15 is 0 Å². The van der Waals surface area contributed by atoms with Crippen LogP contribution < -0.4 is 10.6 Å². The maximum Gasteiger partial charge on any atom is 0.138 e. The molecule has 0 bridgehead atoms. The molecule has 21 heavy (non-hydrogen) atoms. The Labute approximate surface area is 128 Å². The van der Waals surface area contributed by atoms with E-state index in [0.29, 0.717) is 6.61 Å². The average Bonchev–Trinajstić information content (AvgIpc) is 2.40. The normalized spacial score (nSPS) is 11.8. The van der Waals surface area contributed by atoms with Crippen molar-refractivity contribution in [2.45, 2.75) is 59.5 Å². The minimum atomic E-state index is -0.0746. The largest absolute Gasteiger partial charge is 0.377 e. The quantitative estimate of drug-likeness (QED) is 0.719. The van der Waals surface area contributed by atoms with Crippen molar-refractivity contribution in [2.24, 2.45) is 0 Å². The second-order valence-electron chi connectivity index (χ2n) is 6.49. The lowest BCUT2D eigenvalue weighted by Crippen LogP contribution is -2.20. The van der Waals surface area contributed by atoms with Gasteiger partial charge in [-0.3, -0.25) is 0 Å². The summed E-state index contributed by atoms with van der Waals surface area (Å²) in [5.41, 5.74) is -0.0746. The Kier molecular flexibility index (Phi) is 6.89. The molecule has 0 unspecified atom stereocenters. The SMILES string of the molecule is CCCNc1cc(NCCOC(C)C)nc(C(C)(C)C)n1. The highest BCUT2D eigenvalue weighted by atomic mass is 16.5. The lowest BCUT2D eigenvalue weighted by Gasteiger charge is -2.19. The van der Waals surface area contributed by atoms with Crippen LogP contribution in [-0.4, -0.2) is 35.8 Å². The first-order chi connectivity index (χ1) is 9.82. The fourth-order valence-electron chi connectivity index (χ4n) is 1.69. The van der Waals surface area contributed by atoms with Gasteiger partial charge in [-0.05, 0) is 20.3 Å². The third-order valence-electron chi connectivity index (χ3n) is 2.81. The summed E-state index contributed by atoms with van der Waals surface area (Å²) in [4.78, 5) is 9.22. The van der Waals surface area contributed by atoms with Gasteiger partial charge in [0.1, 0.15) is 17.5 Å². The van der Waals surface area contributed by atoms with Gasteiger partial charge >= 0.3 is 0 Å². The van der Waals surface area contributed by atoms with E-state index in [1.165, 1.54) is 0 Å². The summed E-state index contributed by atoms with van der Waals surface area (Å²) in [6.07, 6.45) is 1.32. The van der Waals surface area contributed by atoms with Gasteiger partial charge in [0.15, 0.2) is 0 Å². The summed E-state index contributed by atoms with van der Waals surface area (Å²) in [6, 6.07) is 1.96. The molecule has 1 rings (SSSR count). The molecule has 0 fully saturated rings. The zero-order valence-corrected chi connectivity index (χ0v) is 14.3. The molecule has 0 aliphatic heterocycles. The molecule has 0 amide bonds. The minimum Gasteiger partial charge on any atom is -0.377 e. The Hall–Kier alpha value is -1.36. The molecule has 0 aliphatic carbocycles. The van der Waals surface area contributed by atoms with Crippen LogP contribution in [0, 0.1) is 0 Å². The second kappa shape index (κ2) is 8.17. The van der Waals surface area contributed by atoms with Gasteiger partial charge in [0.2, 0.25) is 0 Å². The molecule has 1 aromatic rings. The number of hydrogen-bond acceptors (Lipinski definition) is 5. The number of hydrogen-bond donors (Lipinski definition) is 2. The standard InChI is InChI=1S/C16H30N4O/c1-7-8-17-13-11-14(18-9-10-21-12(2)3)20-15(19-13)16(4,5)6/h11-12H,7-10H2,1-6H3,(H2,17,18,19,20). The number of anilines is 2. The highest BCUT2D eigenvalue weighted by Gasteiger charge is 2.19. The molecule has 0 aliphatic rings. The van der Waals surface area contributed by atoms with E-state index < -0.39 is 0 Å². The first-order valence-corrected chi connectivity index (χ1v) is 7.82. The number of nitrogens with zero attached hydrogens (tertiary/aromatic N) is 2. The maximum atomic E-state index is 5.53. The molecule has 1 aromatic heterocycles. The molecule has 0 aromatic carbocycles. The minimum absolute atomic E-state index is 0.0746. The molecule has 5 heteroatoms. The fourth-order valence-corrected chi connectivity index (χ4v) is 1.69. The maximum absolute atomic E-state index is 5.53. The van der Waals surface area contributed by atoms with Crippen LogP contribution in [0.5, 0.6) is 0 Å². The lowest BCUT2D eigenvalue weighted by molar-refractivity contribution is 0.0870. The first-order valence-electron chi connectivity index (χ1n) is 7.82. The van der Waals surface area contributed by atoms with Crippen molar-refractivity contribution in [3.63, 3.8) is 0 Å². The van der Waals surface area contributed by atoms with E-state index in [1.807, 2.05) is 19.9 Å². The highest BCUT2D eigenvalue weighted by Crippen LogP contribution is 2.22. The van der Waals surface area contributed by atoms with Crippen LogP contribution in [0.15, 0.2) is 6.07 Å². The Morgan fingerprint density at radius 2 is 1.67 bits per heavy atom. The summed E-state index contributed by atoms with van der Waals surface area (Å²) in [5, 5.41) is 6.65. The zero-order valence-electron chi connectivity index (χ0n) is 14.3. The summed E-state index contributed by atoms with van der Waals surface area (Å²) in [5.74, 6) is 2.57. The van der Waals surface area contributed by atoms with E-state index in [4.69, 9.17) is 4.74 Å². The number of nitrogens with one attached hydrogen (secondary N) is 2. The molecule has 0 radical (unpaired) electrons. The van der Waals surface area contributed by atoms with E-state index in [1.54, 1.807) is 0 Å². The van der Waals surface area contributed by atoms with E-state index in [0.717, 1.165) is 37.0 Å². The smallest absolute Gasteiger partial charge is 0.138 e. The first kappa shape index (κ1) is 17.7. The summed E-state index contributed by atoms with van der Waals surface area (Å²) >= 11 is 0. The third kappa shape index (κ3) is 6.76. The second-order valence-corrected chi connectivity index (χ2v) is 6.49. The van der Waals surface area contributed by atoms with E-state index in [-0.39, 0.29) is 11.5 Å². The molecule has 0 saturated heterocycles. The van der Waals surface area contributed by atoms with Gasteiger partial charge in [-0.1, -0.05) is 27.7 Å². The van der Waals surface area contributed by atoms with Gasteiger partial charge in [0.05, 0.1) is 12.7 Å². The monoisotopic (exact) mass is 294 g/mol. The van der Waals surface area contributed by atoms with Crippen molar-refractivity contribution in [1.82, 2.24) is 9.97 Å². The van der Waals surface area contributed by atoms with Crippen molar-refractivity contribution in [2.75, 3.05) is 30.3 Å². The van der Waals surface area contributed by atoms with Gasteiger partial charge in [-0.2, -0.15) is 0 Å². The summed E-state index contributed by atoms with van der Waals surface area (Å²) in [7, 11) is 0. The van der Waals surface area contributed by atoms with Crippen LogP contribution in [0.25, 0.3) is 0 Å². The molecule has 5 nitrogen and oxygen atoms in total. The van der Waals surface area contributed by atoms with Gasteiger partial charge in [0.25, 0.3) is 0 Å². The van der Waals surface area contributed by atoms with Crippen molar-refractivity contribution in [3.8, 4) is 0 Å². The van der Waals surface area contributed by atoms with Crippen molar-refractivity contribution in [1.29, 1.82) is 0 Å². The lowest BCUT2D eigenvalue weighted by atomic mass is 9.96. The average molecular weight is 294 g/mol. The number of aromatic nitrogens is 2. The number of ether oxygens (including phenoxy) is 1. The van der Waals surface area contributed by atoms with Gasteiger partial charge in [-0.25, -0.2) is 9.97 Å². The van der Waals surface area contributed by atoms with Crippen LogP contribution in [0.1, 0.15) is 53.8 Å². The molecular weight excluding hydrogens is 264 g/mol. The molecule has 1 heterocycles. The van der Waals surface area contributed by atoms with Crippen LogP contribution in [0.3, 0.4) is 0 Å². The Morgan fingerprint density at radius 3 is 2.14 bits per heavy atom. The van der Waals surface area contributed by atoms with E-state index in [9.17, 15) is 0 Å². The van der Waals surface area contributed by atoms with Crippen molar-refractivity contribution < 1.29 is 4.74 Å². The third-order valence-corrected chi connectivity index (χ3v) is 2.81. The molecule has 120 valence electrons. The molecule has 0 spiro atoms. The van der Waals surface area contributed by atoms with Crippen molar-refractivity contribution >= 4 is 11.6 Å². The molecule has 0 atom stereocenters. The highest BCUT2D eigenvalue weighted by molar-refractivity contribution is 5.48.